The summed E-state index contributed by atoms with van der Waals surface area (Å²) < 4.78 is 28.3. The monoisotopic (exact) mass is 376 g/mol. The average molecular weight is 376 g/mol. The van der Waals surface area contributed by atoms with Gasteiger partial charge in [-0.05, 0) is 36.4 Å². The zero-order chi connectivity index (χ0) is 16.6. The van der Waals surface area contributed by atoms with Gasteiger partial charge >= 0.3 is 0 Å². The first-order valence-corrected chi connectivity index (χ1v) is 9.76. The van der Waals surface area contributed by atoms with E-state index in [9.17, 15) is 0 Å². The van der Waals surface area contributed by atoms with Crippen LogP contribution in [0.25, 0.3) is 21.3 Å². The van der Waals surface area contributed by atoms with E-state index in [1.54, 1.807) is 22.7 Å². The van der Waals surface area contributed by atoms with Crippen LogP contribution in [0.4, 0.5) is 0 Å². The van der Waals surface area contributed by atoms with Crippen LogP contribution in [0.1, 0.15) is 22.3 Å². The maximum Gasteiger partial charge on any atom is 0.193 e. The van der Waals surface area contributed by atoms with Crippen molar-refractivity contribution in [3.05, 3.63) is 46.2 Å². The molecule has 3 aromatic heterocycles. The molecule has 0 unspecified atom stereocenters. The highest BCUT2D eigenvalue weighted by Crippen LogP contribution is 2.39. The lowest BCUT2D eigenvalue weighted by atomic mass is 10.3. The molecule has 0 N–H and O–H groups in total. The van der Waals surface area contributed by atoms with Gasteiger partial charge in [0.15, 0.2) is 12.6 Å². The summed E-state index contributed by atoms with van der Waals surface area (Å²) in [6.07, 6.45) is -0.473. The van der Waals surface area contributed by atoms with Gasteiger partial charge in [-0.2, -0.15) is 0 Å². The molecule has 2 aliphatic heterocycles. The van der Waals surface area contributed by atoms with Crippen LogP contribution < -0.4 is 0 Å². The molecule has 5 rings (SSSR count). The summed E-state index contributed by atoms with van der Waals surface area (Å²) in [4.78, 5) is 4.28. The molecule has 25 heavy (non-hydrogen) atoms. The van der Waals surface area contributed by atoms with Crippen molar-refractivity contribution >= 4 is 22.7 Å². The third kappa shape index (κ3) is 3.08. The fourth-order valence-corrected chi connectivity index (χ4v) is 4.81. The van der Waals surface area contributed by atoms with E-state index in [1.807, 2.05) is 36.4 Å². The minimum absolute atomic E-state index is 0.237. The summed E-state index contributed by atoms with van der Waals surface area (Å²) in [7, 11) is 0. The average Bonchev–Trinajstić information content (AvgIpc) is 3.48. The Bertz CT molecular complexity index is 784. The molecule has 5 nitrogen and oxygen atoms in total. The van der Waals surface area contributed by atoms with Crippen molar-refractivity contribution in [2.45, 2.75) is 12.6 Å². The molecular formula is C18H16O5S2. The molecule has 0 atom stereocenters. The first-order chi connectivity index (χ1) is 12.4. The van der Waals surface area contributed by atoms with Crippen molar-refractivity contribution in [1.82, 2.24) is 0 Å². The lowest BCUT2D eigenvalue weighted by Crippen LogP contribution is -1.93. The van der Waals surface area contributed by atoms with Crippen molar-refractivity contribution in [3.8, 4) is 21.3 Å². The summed E-state index contributed by atoms with van der Waals surface area (Å²) in [5.74, 6) is 1.71. The Kier molecular flexibility index (Phi) is 4.21. The van der Waals surface area contributed by atoms with E-state index in [0.29, 0.717) is 26.4 Å². The maximum absolute atomic E-state index is 6.07. The standard InChI is InChI=1S/C18H16O5S2/c1-2-12(14-4-6-16(25-14)18-21-9-10-22-18)23-11(1)13-3-5-15(24-13)17-19-7-8-20-17/h1-6,17-18H,7-10H2. The van der Waals surface area contributed by atoms with Crippen LogP contribution in [-0.4, -0.2) is 26.4 Å². The topological polar surface area (TPSA) is 50.1 Å². The Morgan fingerprint density at radius 1 is 0.600 bits per heavy atom. The lowest BCUT2D eigenvalue weighted by molar-refractivity contribution is -0.0415. The van der Waals surface area contributed by atoms with E-state index >= 15 is 0 Å². The first-order valence-electron chi connectivity index (χ1n) is 8.13. The van der Waals surface area contributed by atoms with E-state index in [4.69, 9.17) is 23.4 Å². The highest BCUT2D eigenvalue weighted by atomic mass is 32.1. The maximum atomic E-state index is 6.07. The molecule has 0 amide bonds. The summed E-state index contributed by atoms with van der Waals surface area (Å²) in [6, 6.07) is 12.2. The summed E-state index contributed by atoms with van der Waals surface area (Å²) in [5.41, 5.74) is 0. The van der Waals surface area contributed by atoms with Crippen LogP contribution in [-0.2, 0) is 18.9 Å². The highest BCUT2D eigenvalue weighted by Gasteiger charge is 2.22. The second-order valence-electron chi connectivity index (χ2n) is 5.71. The van der Waals surface area contributed by atoms with Crippen molar-refractivity contribution < 1.29 is 23.4 Å². The smallest absolute Gasteiger partial charge is 0.193 e. The Labute approximate surface area is 152 Å². The molecule has 0 saturated carbocycles. The van der Waals surface area contributed by atoms with E-state index in [-0.39, 0.29) is 12.6 Å². The highest BCUT2D eigenvalue weighted by molar-refractivity contribution is 7.15. The van der Waals surface area contributed by atoms with Crippen LogP contribution >= 0.6 is 22.7 Å². The molecule has 0 aromatic carbocycles. The lowest BCUT2D eigenvalue weighted by Gasteiger charge is -2.04. The SMILES string of the molecule is c1cc(-c2ccc(C3OCCO3)s2)oc1-c1ccc(C2OCCO2)s1. The van der Waals surface area contributed by atoms with E-state index in [1.165, 1.54) is 0 Å². The number of ether oxygens (including phenoxy) is 4. The fraction of sp³-hybridized carbons (Fsp3) is 0.333. The molecule has 0 aliphatic carbocycles. The van der Waals surface area contributed by atoms with Gasteiger partial charge in [-0.1, -0.05) is 0 Å². The third-order valence-corrected chi connectivity index (χ3v) is 6.30. The van der Waals surface area contributed by atoms with E-state index < -0.39 is 0 Å². The first kappa shape index (κ1) is 15.7. The number of hydrogen-bond donors (Lipinski definition) is 0. The van der Waals surface area contributed by atoms with Crippen LogP contribution in [0.15, 0.2) is 40.8 Å². The predicted molar refractivity (Wildman–Crippen MR) is 94.6 cm³/mol. The number of furan rings is 1. The Morgan fingerprint density at radius 2 is 1.04 bits per heavy atom. The van der Waals surface area contributed by atoms with Crippen LogP contribution in [0.5, 0.6) is 0 Å². The zero-order valence-corrected chi connectivity index (χ0v) is 14.9. The number of hydrogen-bond acceptors (Lipinski definition) is 7. The van der Waals surface area contributed by atoms with Crippen LogP contribution in [0.3, 0.4) is 0 Å². The van der Waals surface area contributed by atoms with Gasteiger partial charge in [0.25, 0.3) is 0 Å². The van der Waals surface area contributed by atoms with Gasteiger partial charge in [0.1, 0.15) is 11.5 Å². The minimum atomic E-state index is -0.237. The van der Waals surface area contributed by atoms with Gasteiger partial charge in [0.2, 0.25) is 0 Å². The van der Waals surface area contributed by atoms with Gasteiger partial charge in [0.05, 0.1) is 45.9 Å². The fourth-order valence-electron chi connectivity index (χ4n) is 2.87. The molecule has 130 valence electrons. The molecule has 7 heteroatoms. The quantitative estimate of drug-likeness (QED) is 0.653. The Morgan fingerprint density at radius 3 is 1.48 bits per heavy atom. The van der Waals surface area contributed by atoms with Gasteiger partial charge in [0, 0.05) is 0 Å². The predicted octanol–water partition coefficient (Wildman–Crippen LogP) is 4.83. The molecule has 2 fully saturated rings. The van der Waals surface area contributed by atoms with Crippen molar-refractivity contribution in [2.75, 3.05) is 26.4 Å². The van der Waals surface area contributed by atoms with Gasteiger partial charge < -0.3 is 23.4 Å². The molecular weight excluding hydrogens is 360 g/mol. The Balaban J connectivity index is 1.36. The van der Waals surface area contributed by atoms with Crippen molar-refractivity contribution in [3.63, 3.8) is 0 Å². The van der Waals surface area contributed by atoms with Crippen molar-refractivity contribution in [2.24, 2.45) is 0 Å². The summed E-state index contributed by atoms with van der Waals surface area (Å²) in [5, 5.41) is 0. The Hall–Kier alpha value is -1.48. The molecule has 0 radical (unpaired) electrons. The summed E-state index contributed by atoms with van der Waals surface area (Å²) >= 11 is 3.27. The normalized spacial score (nSPS) is 19.2. The van der Waals surface area contributed by atoms with E-state index in [0.717, 1.165) is 31.0 Å². The van der Waals surface area contributed by atoms with Crippen LogP contribution in [0.2, 0.25) is 0 Å². The molecule has 2 aliphatic rings. The van der Waals surface area contributed by atoms with Gasteiger partial charge in [-0.15, -0.1) is 22.7 Å². The molecule has 5 heterocycles. The van der Waals surface area contributed by atoms with Crippen LogP contribution in [0, 0.1) is 0 Å². The van der Waals surface area contributed by atoms with Crippen molar-refractivity contribution in [1.29, 1.82) is 0 Å². The van der Waals surface area contributed by atoms with E-state index in [2.05, 4.69) is 0 Å². The molecule has 2 saturated heterocycles. The largest absolute Gasteiger partial charge is 0.454 e. The number of rotatable bonds is 4. The summed E-state index contributed by atoms with van der Waals surface area (Å²) in [6.45, 7) is 2.60. The zero-order valence-electron chi connectivity index (χ0n) is 13.3. The molecule has 0 bridgehead atoms. The number of thiophene rings is 2. The van der Waals surface area contributed by atoms with Gasteiger partial charge in [-0.25, -0.2) is 0 Å². The second kappa shape index (κ2) is 6.68. The molecule has 3 aromatic rings. The molecule has 0 spiro atoms. The minimum Gasteiger partial charge on any atom is -0.454 e. The van der Waals surface area contributed by atoms with Gasteiger partial charge in [-0.3, -0.25) is 0 Å². The third-order valence-electron chi connectivity index (χ3n) is 4.05. The second-order valence-corrected chi connectivity index (χ2v) is 7.95.